The molecule has 0 fully saturated rings. The van der Waals surface area contributed by atoms with E-state index in [1.54, 1.807) is 5.38 Å². The van der Waals surface area contributed by atoms with Gasteiger partial charge < -0.3 is 9.84 Å². The standard InChI is InChI=1S/C13H14N4O5S/c1-16-10(19)8(11(20)17(2)13(16)21)5-14-12-15-7(6-23-12)4-9(18)22-3/h5-6,19H,4H2,1-3H3. The maximum atomic E-state index is 12.0. The summed E-state index contributed by atoms with van der Waals surface area (Å²) in [5.41, 5.74) is -0.939. The third kappa shape index (κ3) is 3.37. The van der Waals surface area contributed by atoms with Gasteiger partial charge in [-0.2, -0.15) is 0 Å². The molecule has 1 N–H and O–H groups in total. The fourth-order valence-electron chi connectivity index (χ4n) is 1.75. The molecule has 2 heterocycles. The number of esters is 1. The molecule has 0 atom stereocenters. The number of nitrogens with zero attached hydrogens (tertiary/aromatic N) is 4. The molecule has 0 aliphatic rings. The minimum Gasteiger partial charge on any atom is -0.494 e. The van der Waals surface area contributed by atoms with E-state index < -0.39 is 23.1 Å². The topological polar surface area (TPSA) is 116 Å². The monoisotopic (exact) mass is 338 g/mol. The summed E-state index contributed by atoms with van der Waals surface area (Å²) in [6, 6.07) is 0. The van der Waals surface area contributed by atoms with Crippen LogP contribution in [0.25, 0.3) is 0 Å². The zero-order valence-electron chi connectivity index (χ0n) is 12.6. The molecule has 0 aliphatic carbocycles. The molecule has 0 aliphatic heterocycles. The van der Waals surface area contributed by atoms with E-state index in [4.69, 9.17) is 0 Å². The molecule has 0 spiro atoms. The summed E-state index contributed by atoms with van der Waals surface area (Å²) in [6.07, 6.45) is 1.16. The number of aromatic hydroxyl groups is 1. The molecule has 0 unspecified atom stereocenters. The van der Waals surface area contributed by atoms with Gasteiger partial charge in [0.1, 0.15) is 5.56 Å². The van der Waals surface area contributed by atoms with Gasteiger partial charge in [-0.3, -0.25) is 18.7 Å². The van der Waals surface area contributed by atoms with Crippen LogP contribution < -0.4 is 11.2 Å². The normalized spacial score (nSPS) is 11.1. The maximum Gasteiger partial charge on any atom is 0.333 e. The highest BCUT2D eigenvalue weighted by Gasteiger charge is 2.13. The van der Waals surface area contributed by atoms with Crippen molar-refractivity contribution in [1.82, 2.24) is 14.1 Å². The number of hydrogen-bond acceptors (Lipinski definition) is 8. The van der Waals surface area contributed by atoms with Crippen molar-refractivity contribution in [3.63, 3.8) is 0 Å². The molecular formula is C13H14N4O5S. The zero-order valence-corrected chi connectivity index (χ0v) is 13.5. The van der Waals surface area contributed by atoms with Crippen molar-refractivity contribution in [3.05, 3.63) is 37.5 Å². The molecule has 10 heteroatoms. The van der Waals surface area contributed by atoms with Crippen molar-refractivity contribution < 1.29 is 14.6 Å². The quantitative estimate of drug-likeness (QED) is 0.605. The van der Waals surface area contributed by atoms with Gasteiger partial charge in [0.2, 0.25) is 11.0 Å². The highest BCUT2D eigenvalue weighted by atomic mass is 32.1. The maximum absolute atomic E-state index is 12.0. The average molecular weight is 338 g/mol. The molecular weight excluding hydrogens is 324 g/mol. The molecule has 0 amide bonds. The fourth-order valence-corrected chi connectivity index (χ4v) is 2.41. The lowest BCUT2D eigenvalue weighted by Crippen LogP contribution is -2.38. The van der Waals surface area contributed by atoms with E-state index in [1.165, 1.54) is 32.5 Å². The minimum absolute atomic E-state index is 0.0232. The van der Waals surface area contributed by atoms with Crippen LogP contribution in [0.15, 0.2) is 20.0 Å². The Hall–Kier alpha value is -2.75. The first kappa shape index (κ1) is 16.6. The Balaban J connectivity index is 2.33. The summed E-state index contributed by atoms with van der Waals surface area (Å²) in [7, 11) is 3.93. The van der Waals surface area contributed by atoms with Gasteiger partial charge >= 0.3 is 11.7 Å². The van der Waals surface area contributed by atoms with Crippen LogP contribution in [0, 0.1) is 0 Å². The molecule has 122 valence electrons. The number of aliphatic imine (C=N–C) groups is 1. The Morgan fingerprint density at radius 2 is 2.13 bits per heavy atom. The van der Waals surface area contributed by atoms with E-state index in [0.717, 1.165) is 15.3 Å². The van der Waals surface area contributed by atoms with Crippen molar-refractivity contribution in [3.8, 4) is 5.88 Å². The third-order valence-corrected chi connectivity index (χ3v) is 3.86. The lowest BCUT2D eigenvalue weighted by molar-refractivity contribution is -0.139. The minimum atomic E-state index is -0.666. The highest BCUT2D eigenvalue weighted by Crippen LogP contribution is 2.19. The number of methoxy groups -OCH3 is 1. The van der Waals surface area contributed by atoms with E-state index in [0.29, 0.717) is 10.8 Å². The van der Waals surface area contributed by atoms with Crippen LogP contribution in [-0.2, 0) is 30.0 Å². The fraction of sp³-hybridized carbons (Fsp3) is 0.308. The van der Waals surface area contributed by atoms with Crippen molar-refractivity contribution in [1.29, 1.82) is 0 Å². The molecule has 0 saturated carbocycles. The number of carbonyl (C=O) groups excluding carboxylic acids is 1. The van der Waals surface area contributed by atoms with Crippen LogP contribution in [-0.4, -0.2) is 38.5 Å². The zero-order chi connectivity index (χ0) is 17.1. The Kier molecular flexibility index (Phi) is 4.74. The smallest absolute Gasteiger partial charge is 0.333 e. The molecule has 0 bridgehead atoms. The Bertz CT molecular complexity index is 893. The van der Waals surface area contributed by atoms with Gasteiger partial charge in [-0.05, 0) is 0 Å². The molecule has 0 radical (unpaired) electrons. The SMILES string of the molecule is COC(=O)Cc1csc(N=Cc2c(O)n(C)c(=O)n(C)c2=O)n1. The summed E-state index contributed by atoms with van der Waals surface area (Å²) < 4.78 is 6.34. The first-order valence-electron chi connectivity index (χ1n) is 6.39. The van der Waals surface area contributed by atoms with Crippen LogP contribution in [0.3, 0.4) is 0 Å². The van der Waals surface area contributed by atoms with Crippen molar-refractivity contribution >= 4 is 28.7 Å². The largest absolute Gasteiger partial charge is 0.494 e. The summed E-state index contributed by atoms with van der Waals surface area (Å²) >= 11 is 1.17. The van der Waals surface area contributed by atoms with Crippen LogP contribution >= 0.6 is 11.3 Å². The van der Waals surface area contributed by atoms with E-state index >= 15 is 0 Å². The van der Waals surface area contributed by atoms with Gasteiger partial charge in [0.25, 0.3) is 5.56 Å². The number of carbonyl (C=O) groups is 1. The van der Waals surface area contributed by atoms with Gasteiger partial charge in [-0.15, -0.1) is 11.3 Å². The number of hydrogen-bond donors (Lipinski definition) is 1. The second-order valence-electron chi connectivity index (χ2n) is 4.58. The molecule has 2 rings (SSSR count). The van der Waals surface area contributed by atoms with E-state index in [9.17, 15) is 19.5 Å². The van der Waals surface area contributed by atoms with Gasteiger partial charge in [0.15, 0.2) is 0 Å². The van der Waals surface area contributed by atoms with E-state index in [1.807, 2.05) is 0 Å². The molecule has 0 saturated heterocycles. The number of thiazole rings is 1. The van der Waals surface area contributed by atoms with E-state index in [-0.39, 0.29) is 12.0 Å². The molecule has 2 aromatic heterocycles. The number of rotatable bonds is 4. The van der Waals surface area contributed by atoms with Crippen molar-refractivity contribution in [2.45, 2.75) is 6.42 Å². The lowest BCUT2D eigenvalue weighted by atomic mass is 10.3. The highest BCUT2D eigenvalue weighted by molar-refractivity contribution is 7.13. The van der Waals surface area contributed by atoms with Gasteiger partial charge in [-0.25, -0.2) is 14.8 Å². The Labute approximate surface area is 134 Å². The molecule has 0 aromatic carbocycles. The van der Waals surface area contributed by atoms with Crippen LogP contribution in [0.2, 0.25) is 0 Å². The predicted molar refractivity (Wildman–Crippen MR) is 83.7 cm³/mol. The second kappa shape index (κ2) is 6.57. The van der Waals surface area contributed by atoms with Crippen molar-refractivity contribution in [2.24, 2.45) is 19.1 Å². The van der Waals surface area contributed by atoms with Crippen LogP contribution in [0.1, 0.15) is 11.3 Å². The first-order valence-corrected chi connectivity index (χ1v) is 7.27. The molecule has 23 heavy (non-hydrogen) atoms. The number of ether oxygens (including phenoxy) is 1. The Morgan fingerprint density at radius 1 is 1.43 bits per heavy atom. The van der Waals surface area contributed by atoms with Crippen LogP contribution in [0.4, 0.5) is 5.13 Å². The van der Waals surface area contributed by atoms with Gasteiger partial charge in [-0.1, -0.05) is 0 Å². The van der Waals surface area contributed by atoms with Crippen LogP contribution in [0.5, 0.6) is 5.88 Å². The first-order chi connectivity index (χ1) is 10.8. The van der Waals surface area contributed by atoms with Crippen molar-refractivity contribution in [2.75, 3.05) is 7.11 Å². The van der Waals surface area contributed by atoms with Gasteiger partial charge in [0, 0.05) is 25.7 Å². The predicted octanol–water partition coefficient (Wildman–Crippen LogP) is -0.288. The summed E-state index contributed by atoms with van der Waals surface area (Å²) in [6.45, 7) is 0. The molecule has 2 aromatic rings. The average Bonchev–Trinajstić information content (AvgIpc) is 2.98. The van der Waals surface area contributed by atoms with Gasteiger partial charge in [0.05, 0.1) is 19.2 Å². The summed E-state index contributed by atoms with van der Waals surface area (Å²) in [5, 5.41) is 11.8. The number of aromatic nitrogens is 3. The summed E-state index contributed by atoms with van der Waals surface area (Å²) in [4.78, 5) is 42.9. The molecule has 9 nitrogen and oxygen atoms in total. The van der Waals surface area contributed by atoms with E-state index in [2.05, 4.69) is 14.7 Å². The Morgan fingerprint density at radius 3 is 2.78 bits per heavy atom. The third-order valence-electron chi connectivity index (χ3n) is 3.06. The lowest BCUT2D eigenvalue weighted by Gasteiger charge is -2.06. The second-order valence-corrected chi connectivity index (χ2v) is 5.41. The summed E-state index contributed by atoms with van der Waals surface area (Å²) in [5.74, 6) is -0.899.